The van der Waals surface area contributed by atoms with Crippen molar-refractivity contribution in [1.82, 2.24) is 10.2 Å². The van der Waals surface area contributed by atoms with Gasteiger partial charge in [-0.25, -0.2) is 9.59 Å². The SMILES string of the molecule is CC(=O)NC[C@H]1COC(=O)N1c1ccc(C23CC2CN(C(=O)OC(C)(C)C)C3)cc1. The number of hydrogen-bond donors (Lipinski definition) is 1. The molecule has 3 fully saturated rings. The fourth-order valence-electron chi connectivity index (χ4n) is 4.54. The predicted octanol–water partition coefficient (Wildman–Crippen LogP) is 2.66. The summed E-state index contributed by atoms with van der Waals surface area (Å²) in [5.74, 6) is 0.305. The Kier molecular flexibility index (Phi) is 4.91. The average molecular weight is 415 g/mol. The maximum atomic E-state index is 12.4. The number of carbonyl (C=O) groups is 3. The third-order valence-corrected chi connectivity index (χ3v) is 6.07. The van der Waals surface area contributed by atoms with Gasteiger partial charge in [0.25, 0.3) is 0 Å². The van der Waals surface area contributed by atoms with E-state index < -0.39 is 11.7 Å². The van der Waals surface area contributed by atoms with Crippen LogP contribution in [0.15, 0.2) is 24.3 Å². The number of cyclic esters (lactones) is 1. The van der Waals surface area contributed by atoms with Crippen molar-refractivity contribution >= 4 is 23.8 Å². The number of carbonyl (C=O) groups excluding carboxylic acids is 3. The zero-order valence-corrected chi connectivity index (χ0v) is 17.9. The summed E-state index contributed by atoms with van der Waals surface area (Å²) in [6.45, 7) is 9.04. The average Bonchev–Trinajstić information content (AvgIpc) is 3.03. The third kappa shape index (κ3) is 3.82. The van der Waals surface area contributed by atoms with Crippen molar-refractivity contribution < 1.29 is 23.9 Å². The van der Waals surface area contributed by atoms with Gasteiger partial charge in [-0.15, -0.1) is 0 Å². The van der Waals surface area contributed by atoms with Crippen molar-refractivity contribution in [3.05, 3.63) is 29.8 Å². The van der Waals surface area contributed by atoms with Crippen LogP contribution in [0.1, 0.15) is 39.7 Å². The van der Waals surface area contributed by atoms with Gasteiger partial charge in [-0.3, -0.25) is 9.69 Å². The van der Waals surface area contributed by atoms with Gasteiger partial charge < -0.3 is 19.7 Å². The summed E-state index contributed by atoms with van der Waals surface area (Å²) >= 11 is 0. The highest BCUT2D eigenvalue weighted by atomic mass is 16.6. The minimum absolute atomic E-state index is 0.0173. The minimum Gasteiger partial charge on any atom is -0.447 e. The van der Waals surface area contributed by atoms with E-state index in [0.29, 0.717) is 25.6 Å². The Morgan fingerprint density at radius 3 is 2.60 bits per heavy atom. The van der Waals surface area contributed by atoms with Crippen LogP contribution in [0.4, 0.5) is 15.3 Å². The molecule has 1 aromatic rings. The number of fused-ring (bicyclic) bond motifs is 1. The molecule has 30 heavy (non-hydrogen) atoms. The van der Waals surface area contributed by atoms with Gasteiger partial charge in [-0.05, 0) is 50.8 Å². The lowest BCUT2D eigenvalue weighted by Crippen LogP contribution is -2.42. The molecule has 8 heteroatoms. The number of benzene rings is 1. The van der Waals surface area contributed by atoms with E-state index in [1.165, 1.54) is 12.5 Å². The molecule has 0 spiro atoms. The monoisotopic (exact) mass is 415 g/mol. The zero-order chi connectivity index (χ0) is 21.7. The molecule has 0 radical (unpaired) electrons. The number of hydrogen-bond acceptors (Lipinski definition) is 5. The van der Waals surface area contributed by atoms with Crippen LogP contribution in [0.3, 0.4) is 0 Å². The second-order valence-electron chi connectivity index (χ2n) is 9.50. The summed E-state index contributed by atoms with van der Waals surface area (Å²) in [5, 5.41) is 2.75. The number of amides is 3. The van der Waals surface area contributed by atoms with Crippen LogP contribution in [0.5, 0.6) is 0 Å². The number of nitrogens with zero attached hydrogens (tertiary/aromatic N) is 2. The Morgan fingerprint density at radius 1 is 1.27 bits per heavy atom. The Labute approximate surface area is 176 Å². The van der Waals surface area contributed by atoms with Crippen LogP contribution in [-0.2, 0) is 19.7 Å². The van der Waals surface area contributed by atoms with E-state index in [1.807, 2.05) is 45.0 Å². The van der Waals surface area contributed by atoms with Crippen molar-refractivity contribution in [1.29, 1.82) is 0 Å². The van der Waals surface area contributed by atoms with Crippen molar-refractivity contribution in [2.75, 3.05) is 31.1 Å². The zero-order valence-electron chi connectivity index (χ0n) is 17.9. The predicted molar refractivity (Wildman–Crippen MR) is 110 cm³/mol. The molecule has 0 aromatic heterocycles. The Bertz CT molecular complexity index is 863. The van der Waals surface area contributed by atoms with E-state index >= 15 is 0 Å². The lowest BCUT2D eigenvalue weighted by atomic mass is 9.94. The molecular weight excluding hydrogens is 386 g/mol. The fourth-order valence-corrected chi connectivity index (χ4v) is 4.54. The van der Waals surface area contributed by atoms with Crippen LogP contribution < -0.4 is 10.2 Å². The summed E-state index contributed by atoms with van der Waals surface area (Å²) in [5.41, 5.74) is 1.40. The molecule has 2 saturated heterocycles. The number of piperidine rings is 1. The third-order valence-electron chi connectivity index (χ3n) is 6.07. The number of ether oxygens (including phenoxy) is 2. The van der Waals surface area contributed by atoms with Crippen LogP contribution in [0.25, 0.3) is 0 Å². The van der Waals surface area contributed by atoms with Gasteiger partial charge >= 0.3 is 12.2 Å². The first kappa shape index (κ1) is 20.5. The molecule has 3 aliphatic rings. The van der Waals surface area contributed by atoms with Gasteiger partial charge in [0.15, 0.2) is 0 Å². The van der Waals surface area contributed by atoms with Gasteiger partial charge in [0.2, 0.25) is 5.91 Å². The molecule has 1 N–H and O–H groups in total. The van der Waals surface area contributed by atoms with E-state index in [0.717, 1.165) is 12.1 Å². The lowest BCUT2D eigenvalue weighted by Gasteiger charge is -2.26. The number of anilines is 1. The van der Waals surface area contributed by atoms with Crippen LogP contribution in [0.2, 0.25) is 0 Å². The summed E-state index contributed by atoms with van der Waals surface area (Å²) in [6, 6.07) is 7.68. The molecule has 3 amide bonds. The molecule has 4 rings (SSSR count). The molecule has 2 aliphatic heterocycles. The lowest BCUT2D eigenvalue weighted by molar-refractivity contribution is -0.119. The first-order valence-corrected chi connectivity index (χ1v) is 10.4. The smallest absolute Gasteiger partial charge is 0.414 e. The largest absolute Gasteiger partial charge is 0.447 e. The first-order valence-electron chi connectivity index (χ1n) is 10.4. The maximum absolute atomic E-state index is 12.4. The molecule has 162 valence electrons. The second-order valence-corrected chi connectivity index (χ2v) is 9.50. The molecule has 0 bridgehead atoms. The Hall–Kier alpha value is -2.77. The van der Waals surface area contributed by atoms with Crippen molar-refractivity contribution in [2.24, 2.45) is 5.92 Å². The van der Waals surface area contributed by atoms with E-state index in [2.05, 4.69) is 5.32 Å². The Balaban J connectivity index is 1.45. The normalized spacial score (nSPS) is 27.5. The van der Waals surface area contributed by atoms with E-state index in [9.17, 15) is 14.4 Å². The topological polar surface area (TPSA) is 88.2 Å². The van der Waals surface area contributed by atoms with Gasteiger partial charge in [0.05, 0.1) is 6.04 Å². The van der Waals surface area contributed by atoms with Gasteiger partial charge in [0, 0.05) is 37.7 Å². The quantitative estimate of drug-likeness (QED) is 0.817. The fraction of sp³-hybridized carbons (Fsp3) is 0.591. The number of nitrogens with one attached hydrogen (secondary N) is 1. The summed E-state index contributed by atoms with van der Waals surface area (Å²) in [6.07, 6.45) is 0.395. The van der Waals surface area contributed by atoms with Gasteiger partial charge in [0.1, 0.15) is 12.2 Å². The Morgan fingerprint density at radius 2 is 1.97 bits per heavy atom. The van der Waals surface area contributed by atoms with Crippen molar-refractivity contribution in [2.45, 2.75) is 51.2 Å². The van der Waals surface area contributed by atoms with Crippen LogP contribution in [-0.4, -0.2) is 60.9 Å². The number of rotatable bonds is 4. The standard InChI is InChI=1S/C22H29N3O5/c1-14(26)23-10-18-12-29-20(28)25(18)17-7-5-15(6-8-17)22-9-16(22)11-24(13-22)19(27)30-21(2,3)4/h5-8,16,18H,9-13H2,1-4H3,(H,23,26)/t16?,18-,22?/m0/s1. The maximum Gasteiger partial charge on any atom is 0.414 e. The molecular formula is C22H29N3O5. The van der Waals surface area contributed by atoms with Crippen molar-refractivity contribution in [3.63, 3.8) is 0 Å². The molecule has 8 nitrogen and oxygen atoms in total. The minimum atomic E-state index is -0.503. The first-order chi connectivity index (χ1) is 14.1. The molecule has 3 atom stereocenters. The summed E-state index contributed by atoms with van der Waals surface area (Å²) in [4.78, 5) is 39.2. The molecule has 2 unspecified atom stereocenters. The molecule has 2 heterocycles. The van der Waals surface area contributed by atoms with E-state index in [4.69, 9.17) is 9.47 Å². The highest BCUT2D eigenvalue weighted by Crippen LogP contribution is 2.59. The van der Waals surface area contributed by atoms with E-state index in [1.54, 1.807) is 9.80 Å². The van der Waals surface area contributed by atoms with Crippen LogP contribution >= 0.6 is 0 Å². The van der Waals surface area contributed by atoms with Gasteiger partial charge in [-0.2, -0.15) is 0 Å². The molecule has 1 aromatic carbocycles. The van der Waals surface area contributed by atoms with E-state index in [-0.39, 0.29) is 30.1 Å². The highest BCUT2D eigenvalue weighted by molar-refractivity contribution is 5.90. The van der Waals surface area contributed by atoms with Crippen LogP contribution in [0, 0.1) is 5.92 Å². The highest BCUT2D eigenvalue weighted by Gasteiger charge is 2.62. The molecule has 1 saturated carbocycles. The molecule has 1 aliphatic carbocycles. The van der Waals surface area contributed by atoms with Crippen molar-refractivity contribution in [3.8, 4) is 0 Å². The summed E-state index contributed by atoms with van der Waals surface area (Å²) < 4.78 is 10.7. The summed E-state index contributed by atoms with van der Waals surface area (Å²) in [7, 11) is 0. The number of likely N-dealkylation sites (tertiary alicyclic amines) is 1. The van der Waals surface area contributed by atoms with Gasteiger partial charge in [-0.1, -0.05) is 12.1 Å². The second kappa shape index (κ2) is 7.18.